The van der Waals surface area contributed by atoms with E-state index in [0.29, 0.717) is 10.4 Å². The smallest absolute Gasteiger partial charge is 0.349 e. The Morgan fingerprint density at radius 1 is 1.08 bits per heavy atom. The monoisotopic (exact) mass is 342 g/mol. The molecule has 1 heterocycles. The molecule has 3 nitrogen and oxygen atoms in total. The summed E-state index contributed by atoms with van der Waals surface area (Å²) >= 11 is 1.52. The lowest BCUT2D eigenvalue weighted by Gasteiger charge is -2.11. The second-order valence-corrected chi connectivity index (χ2v) is 7.53. The normalized spacial score (nSPS) is 15.2. The minimum absolute atomic E-state index is 0.165. The van der Waals surface area contributed by atoms with Crippen LogP contribution in [0.3, 0.4) is 0 Å². The molecule has 1 atom stereocenters. The number of esters is 1. The fourth-order valence-corrected chi connectivity index (χ4v) is 4.13. The molecule has 1 aliphatic carbocycles. The summed E-state index contributed by atoms with van der Waals surface area (Å²) in [4.78, 5) is 26.7. The standard InChI is InChI=1S/C20H22O3S/c1-13-8-10-15(11-9-13)19(21)14(2)23-20(22)18-12-16-6-4-3-5-7-17(16)24-18/h8-12,14H,3-7H2,1-2H3/t14-/m0/s1. The molecule has 0 saturated carbocycles. The van der Waals surface area contributed by atoms with E-state index in [9.17, 15) is 9.59 Å². The van der Waals surface area contributed by atoms with Crippen LogP contribution in [-0.4, -0.2) is 17.9 Å². The summed E-state index contributed by atoms with van der Waals surface area (Å²) in [6.07, 6.45) is 4.93. The number of carbonyl (C=O) groups is 2. The van der Waals surface area contributed by atoms with Crippen molar-refractivity contribution in [3.05, 3.63) is 56.8 Å². The van der Waals surface area contributed by atoms with Crippen LogP contribution in [0.15, 0.2) is 30.3 Å². The summed E-state index contributed by atoms with van der Waals surface area (Å²) in [5.74, 6) is -0.553. The van der Waals surface area contributed by atoms with E-state index >= 15 is 0 Å². The summed E-state index contributed by atoms with van der Waals surface area (Å²) in [5, 5.41) is 0. The molecule has 3 rings (SSSR count). The van der Waals surface area contributed by atoms with Gasteiger partial charge in [0.25, 0.3) is 0 Å². The maximum absolute atomic E-state index is 12.4. The Hall–Kier alpha value is -1.94. The highest BCUT2D eigenvalue weighted by atomic mass is 32.1. The molecule has 0 fully saturated rings. The molecule has 4 heteroatoms. The van der Waals surface area contributed by atoms with E-state index in [1.54, 1.807) is 19.1 Å². The summed E-state index contributed by atoms with van der Waals surface area (Å²) in [6, 6.07) is 9.28. The second-order valence-electron chi connectivity index (χ2n) is 6.40. The predicted molar refractivity (Wildman–Crippen MR) is 96.0 cm³/mol. The number of benzene rings is 1. The summed E-state index contributed by atoms with van der Waals surface area (Å²) < 4.78 is 5.41. The third-order valence-electron chi connectivity index (χ3n) is 4.44. The van der Waals surface area contributed by atoms with E-state index in [1.165, 1.54) is 41.0 Å². The van der Waals surface area contributed by atoms with Gasteiger partial charge in [0.05, 0.1) is 0 Å². The van der Waals surface area contributed by atoms with Crippen LogP contribution in [0, 0.1) is 6.92 Å². The molecule has 0 N–H and O–H groups in total. The average molecular weight is 342 g/mol. The van der Waals surface area contributed by atoms with E-state index in [-0.39, 0.29) is 11.8 Å². The molecule has 24 heavy (non-hydrogen) atoms. The molecule has 126 valence electrons. The van der Waals surface area contributed by atoms with Crippen molar-refractivity contribution in [1.29, 1.82) is 0 Å². The van der Waals surface area contributed by atoms with Gasteiger partial charge in [0, 0.05) is 10.4 Å². The van der Waals surface area contributed by atoms with Gasteiger partial charge in [-0.2, -0.15) is 0 Å². The van der Waals surface area contributed by atoms with Gasteiger partial charge in [-0.1, -0.05) is 36.2 Å². The molecule has 1 aromatic carbocycles. The molecule has 0 aliphatic heterocycles. The highest BCUT2D eigenvalue weighted by Crippen LogP contribution is 2.29. The number of aryl methyl sites for hydroxylation is 3. The summed E-state index contributed by atoms with van der Waals surface area (Å²) in [5.41, 5.74) is 2.95. The first-order valence-electron chi connectivity index (χ1n) is 8.48. The quantitative estimate of drug-likeness (QED) is 0.457. The zero-order chi connectivity index (χ0) is 17.1. The Morgan fingerprint density at radius 3 is 2.54 bits per heavy atom. The number of hydrogen-bond donors (Lipinski definition) is 0. The van der Waals surface area contributed by atoms with Crippen LogP contribution < -0.4 is 0 Å². The second kappa shape index (κ2) is 7.31. The molecular formula is C20H22O3S. The van der Waals surface area contributed by atoms with Crippen LogP contribution in [0.4, 0.5) is 0 Å². The number of hydrogen-bond acceptors (Lipinski definition) is 4. The van der Waals surface area contributed by atoms with E-state index < -0.39 is 6.10 Å². The van der Waals surface area contributed by atoms with Crippen LogP contribution in [0.2, 0.25) is 0 Å². The average Bonchev–Trinajstić information content (AvgIpc) is 2.86. The lowest BCUT2D eigenvalue weighted by atomic mass is 10.1. The summed E-state index contributed by atoms with van der Waals surface area (Å²) in [6.45, 7) is 3.61. The first-order valence-corrected chi connectivity index (χ1v) is 9.29. The van der Waals surface area contributed by atoms with E-state index in [2.05, 4.69) is 0 Å². The molecule has 1 aliphatic rings. The van der Waals surface area contributed by atoms with E-state index in [1.807, 2.05) is 25.1 Å². The number of Topliss-reactive ketones (excluding diaryl/α,β-unsaturated/α-hetero) is 1. The molecule has 2 aromatic rings. The number of rotatable bonds is 4. The SMILES string of the molecule is Cc1ccc(C(=O)[C@H](C)OC(=O)c2cc3c(s2)CCCCC3)cc1. The van der Waals surface area contributed by atoms with Crippen LogP contribution in [0.5, 0.6) is 0 Å². The van der Waals surface area contributed by atoms with Crippen molar-refractivity contribution in [3.8, 4) is 0 Å². The molecule has 0 bridgehead atoms. The van der Waals surface area contributed by atoms with Crippen LogP contribution in [-0.2, 0) is 17.6 Å². The first kappa shape index (κ1) is 16.9. The van der Waals surface area contributed by atoms with Crippen molar-refractivity contribution in [3.63, 3.8) is 0 Å². The number of thiophene rings is 1. The van der Waals surface area contributed by atoms with Gasteiger partial charge in [-0.3, -0.25) is 4.79 Å². The zero-order valence-corrected chi connectivity index (χ0v) is 14.9. The molecule has 1 aromatic heterocycles. The van der Waals surface area contributed by atoms with Crippen molar-refractivity contribution in [1.82, 2.24) is 0 Å². The van der Waals surface area contributed by atoms with Gasteiger partial charge in [-0.05, 0) is 51.2 Å². The van der Waals surface area contributed by atoms with Gasteiger partial charge in [0.1, 0.15) is 4.88 Å². The first-order chi connectivity index (χ1) is 11.5. The molecule has 0 radical (unpaired) electrons. The molecule has 0 unspecified atom stereocenters. The van der Waals surface area contributed by atoms with Gasteiger partial charge in [0.2, 0.25) is 5.78 Å². The topological polar surface area (TPSA) is 43.4 Å². The number of ketones is 1. The largest absolute Gasteiger partial charge is 0.450 e. The van der Waals surface area contributed by atoms with Gasteiger partial charge >= 0.3 is 5.97 Å². The lowest BCUT2D eigenvalue weighted by Crippen LogP contribution is -2.24. The molecule has 0 saturated heterocycles. The van der Waals surface area contributed by atoms with Crippen molar-refractivity contribution in [2.45, 2.75) is 52.1 Å². The number of ether oxygens (including phenoxy) is 1. The van der Waals surface area contributed by atoms with Gasteiger partial charge < -0.3 is 4.74 Å². The van der Waals surface area contributed by atoms with Crippen LogP contribution >= 0.6 is 11.3 Å². The van der Waals surface area contributed by atoms with E-state index in [0.717, 1.165) is 18.4 Å². The Bertz CT molecular complexity index is 719. The fraction of sp³-hybridized carbons (Fsp3) is 0.400. The van der Waals surface area contributed by atoms with Crippen LogP contribution in [0.25, 0.3) is 0 Å². The Balaban J connectivity index is 1.67. The zero-order valence-electron chi connectivity index (χ0n) is 14.1. The predicted octanol–water partition coefficient (Wildman–Crippen LogP) is 4.75. The third-order valence-corrected chi connectivity index (χ3v) is 5.65. The van der Waals surface area contributed by atoms with Gasteiger partial charge in [-0.15, -0.1) is 11.3 Å². The van der Waals surface area contributed by atoms with Gasteiger partial charge in [0.15, 0.2) is 6.10 Å². The van der Waals surface area contributed by atoms with E-state index in [4.69, 9.17) is 4.74 Å². The molecular weight excluding hydrogens is 320 g/mol. The molecule has 0 amide bonds. The minimum Gasteiger partial charge on any atom is -0.450 e. The maximum Gasteiger partial charge on any atom is 0.349 e. The Morgan fingerprint density at radius 2 is 1.79 bits per heavy atom. The summed E-state index contributed by atoms with van der Waals surface area (Å²) in [7, 11) is 0. The Labute approximate surface area is 146 Å². The van der Waals surface area contributed by atoms with Crippen molar-refractivity contribution >= 4 is 23.1 Å². The highest BCUT2D eigenvalue weighted by molar-refractivity contribution is 7.14. The number of carbonyl (C=O) groups excluding carboxylic acids is 2. The van der Waals surface area contributed by atoms with Crippen molar-refractivity contribution in [2.24, 2.45) is 0 Å². The third kappa shape index (κ3) is 3.75. The number of fused-ring (bicyclic) bond motifs is 1. The highest BCUT2D eigenvalue weighted by Gasteiger charge is 2.23. The van der Waals surface area contributed by atoms with Crippen molar-refractivity contribution in [2.75, 3.05) is 0 Å². The fourth-order valence-electron chi connectivity index (χ4n) is 2.99. The molecule has 0 spiro atoms. The maximum atomic E-state index is 12.4. The van der Waals surface area contributed by atoms with Gasteiger partial charge in [-0.25, -0.2) is 4.79 Å². The van der Waals surface area contributed by atoms with Crippen LogP contribution in [0.1, 0.15) is 62.2 Å². The Kier molecular flexibility index (Phi) is 5.14. The minimum atomic E-state index is -0.776. The van der Waals surface area contributed by atoms with Crippen molar-refractivity contribution < 1.29 is 14.3 Å². The lowest BCUT2D eigenvalue weighted by molar-refractivity contribution is 0.0323.